The molecule has 2 rings (SSSR count). The monoisotopic (exact) mass is 473 g/mol. The van der Waals surface area contributed by atoms with Crippen molar-refractivity contribution < 1.29 is 26.7 Å². The van der Waals surface area contributed by atoms with Gasteiger partial charge in [-0.25, -0.2) is 13.8 Å². The number of nitrogens with zero attached hydrogens (tertiary/aromatic N) is 1. The Morgan fingerprint density at radius 3 is 2.48 bits per heavy atom. The predicted octanol–water partition coefficient (Wildman–Crippen LogP) is 4.41. The molecule has 136 valence electrons. The van der Waals surface area contributed by atoms with Crippen LogP contribution in [-0.2, 0) is 6.54 Å². The minimum Gasteiger partial charge on any atom is -0.404 e. The van der Waals surface area contributed by atoms with Crippen LogP contribution in [0.25, 0.3) is 0 Å². The van der Waals surface area contributed by atoms with Gasteiger partial charge in [0.05, 0.1) is 12.2 Å². The molecule has 0 bridgehead atoms. The summed E-state index contributed by atoms with van der Waals surface area (Å²) in [6.45, 7) is -0.287. The molecule has 0 radical (unpaired) electrons. The molecule has 25 heavy (non-hydrogen) atoms. The number of hydrogen-bond donors (Lipinski definition) is 2. The van der Waals surface area contributed by atoms with E-state index in [9.17, 15) is 22.0 Å². The number of para-hydroxylation sites is 2. The normalized spacial score (nSPS) is 11.6. The molecule has 0 aromatic heterocycles. The lowest BCUT2D eigenvalue weighted by molar-refractivity contribution is -0.274. The summed E-state index contributed by atoms with van der Waals surface area (Å²) in [6, 6.07) is 8.05. The summed E-state index contributed by atoms with van der Waals surface area (Å²) in [5, 5.41) is 2.42. The maximum atomic E-state index is 13.5. The van der Waals surface area contributed by atoms with Gasteiger partial charge in [-0.05, 0) is 30.3 Å². The van der Waals surface area contributed by atoms with Gasteiger partial charge in [-0.1, -0.05) is 12.1 Å². The first-order valence-electron chi connectivity index (χ1n) is 6.60. The molecule has 2 aromatic carbocycles. The van der Waals surface area contributed by atoms with Gasteiger partial charge < -0.3 is 15.8 Å². The maximum Gasteiger partial charge on any atom is 0.573 e. The van der Waals surface area contributed by atoms with Gasteiger partial charge in [0.25, 0.3) is 0 Å². The van der Waals surface area contributed by atoms with Crippen molar-refractivity contribution in [3.05, 3.63) is 59.7 Å². The van der Waals surface area contributed by atoms with Crippen molar-refractivity contribution in [2.45, 2.75) is 12.9 Å². The molecule has 0 aliphatic carbocycles. The van der Waals surface area contributed by atoms with Crippen molar-refractivity contribution in [3.63, 3.8) is 0 Å². The number of benzene rings is 2. The number of hydrogen-bond acceptors (Lipinski definition) is 2. The van der Waals surface area contributed by atoms with Crippen LogP contribution in [0.4, 0.5) is 27.6 Å². The second-order valence-electron chi connectivity index (χ2n) is 4.61. The molecule has 0 atom stereocenters. The number of guanidine groups is 1. The molecule has 0 spiro atoms. The van der Waals surface area contributed by atoms with E-state index in [0.717, 1.165) is 24.3 Å². The predicted molar refractivity (Wildman–Crippen MR) is 93.8 cm³/mol. The summed E-state index contributed by atoms with van der Waals surface area (Å²) < 4.78 is 67.3. The second kappa shape index (κ2) is 8.83. The lowest BCUT2D eigenvalue weighted by Gasteiger charge is -2.14. The zero-order valence-electron chi connectivity index (χ0n) is 12.5. The molecule has 0 aliphatic rings. The van der Waals surface area contributed by atoms with Crippen LogP contribution in [-0.4, -0.2) is 12.3 Å². The average molecular weight is 473 g/mol. The van der Waals surface area contributed by atoms with Gasteiger partial charge in [-0.2, -0.15) is 0 Å². The Bertz CT molecular complexity index is 752. The van der Waals surface area contributed by atoms with Crippen LogP contribution in [0.3, 0.4) is 0 Å². The quantitative estimate of drug-likeness (QED) is 0.300. The first-order valence-corrected chi connectivity index (χ1v) is 6.60. The van der Waals surface area contributed by atoms with Gasteiger partial charge in [-0.3, -0.25) is 0 Å². The fourth-order valence-corrected chi connectivity index (χ4v) is 1.80. The number of halogens is 6. The highest BCUT2D eigenvalue weighted by Gasteiger charge is 2.32. The summed E-state index contributed by atoms with van der Waals surface area (Å²) in [7, 11) is 0. The van der Waals surface area contributed by atoms with Crippen molar-refractivity contribution in [3.8, 4) is 5.75 Å². The van der Waals surface area contributed by atoms with E-state index in [4.69, 9.17) is 5.73 Å². The molecule has 0 saturated carbocycles. The number of anilines is 1. The van der Waals surface area contributed by atoms with Crippen LogP contribution in [0.15, 0.2) is 47.5 Å². The molecule has 0 unspecified atom stereocenters. The maximum absolute atomic E-state index is 13.5. The Morgan fingerprint density at radius 1 is 1.12 bits per heavy atom. The largest absolute Gasteiger partial charge is 0.573 e. The molecule has 0 heterocycles. The molecular formula is C15H13F5IN3O. The van der Waals surface area contributed by atoms with Crippen LogP contribution in [0.1, 0.15) is 5.56 Å². The van der Waals surface area contributed by atoms with Crippen molar-refractivity contribution in [2.75, 3.05) is 5.32 Å². The van der Waals surface area contributed by atoms with Crippen molar-refractivity contribution in [1.82, 2.24) is 0 Å². The van der Waals surface area contributed by atoms with Gasteiger partial charge in [0.2, 0.25) is 0 Å². The topological polar surface area (TPSA) is 59.6 Å². The highest BCUT2D eigenvalue weighted by molar-refractivity contribution is 14.0. The Balaban J connectivity index is 0.00000312. The Labute approximate surface area is 156 Å². The van der Waals surface area contributed by atoms with Gasteiger partial charge in [-0.15, -0.1) is 37.1 Å². The average Bonchev–Trinajstić information content (AvgIpc) is 2.49. The number of nitrogens with two attached hydrogens (primary N) is 1. The van der Waals surface area contributed by atoms with Gasteiger partial charge in [0.15, 0.2) is 11.7 Å². The Morgan fingerprint density at radius 2 is 1.80 bits per heavy atom. The van der Waals surface area contributed by atoms with E-state index in [2.05, 4.69) is 15.0 Å². The van der Waals surface area contributed by atoms with E-state index >= 15 is 0 Å². The molecule has 10 heteroatoms. The summed E-state index contributed by atoms with van der Waals surface area (Å²) in [4.78, 5) is 3.77. The van der Waals surface area contributed by atoms with Crippen molar-refractivity contribution in [2.24, 2.45) is 10.7 Å². The number of ether oxygens (including phenoxy) is 1. The standard InChI is InChI=1S/C15H12F5N3O.HI/c16-10-5-6-11(17)9(7-10)8-22-14(21)23-12-3-1-2-4-13(12)24-15(18,19)20;/h1-7H,8H2,(H3,21,22,23);1H. The summed E-state index contributed by atoms with van der Waals surface area (Å²) >= 11 is 0. The number of alkyl halides is 3. The third-order valence-corrected chi connectivity index (χ3v) is 2.80. The summed E-state index contributed by atoms with van der Waals surface area (Å²) in [5.74, 6) is -2.09. The minimum absolute atomic E-state index is 0. The Hall–Kier alpha value is -2.11. The van der Waals surface area contributed by atoms with E-state index in [1.165, 1.54) is 18.2 Å². The zero-order chi connectivity index (χ0) is 17.7. The molecule has 0 saturated heterocycles. The molecule has 0 amide bonds. The second-order valence-corrected chi connectivity index (χ2v) is 4.61. The van der Waals surface area contributed by atoms with Crippen LogP contribution < -0.4 is 15.8 Å². The van der Waals surface area contributed by atoms with Crippen molar-refractivity contribution in [1.29, 1.82) is 0 Å². The molecule has 3 N–H and O–H groups in total. The first-order chi connectivity index (χ1) is 11.2. The van der Waals surface area contributed by atoms with Crippen LogP contribution in [0.2, 0.25) is 0 Å². The van der Waals surface area contributed by atoms with E-state index in [1.807, 2.05) is 0 Å². The van der Waals surface area contributed by atoms with E-state index in [1.54, 1.807) is 0 Å². The highest BCUT2D eigenvalue weighted by Crippen LogP contribution is 2.29. The number of nitrogens with one attached hydrogen (secondary N) is 1. The molecule has 2 aromatic rings. The molecule has 4 nitrogen and oxygen atoms in total. The third-order valence-electron chi connectivity index (χ3n) is 2.80. The fourth-order valence-electron chi connectivity index (χ4n) is 1.80. The minimum atomic E-state index is -4.87. The Kier molecular flexibility index (Phi) is 7.39. The molecular weight excluding hydrogens is 460 g/mol. The van der Waals surface area contributed by atoms with Crippen LogP contribution >= 0.6 is 24.0 Å². The fraction of sp³-hybridized carbons (Fsp3) is 0.133. The first kappa shape index (κ1) is 20.9. The molecule has 0 fully saturated rings. The van der Waals surface area contributed by atoms with Crippen molar-refractivity contribution >= 4 is 35.6 Å². The van der Waals surface area contributed by atoms with E-state index in [0.29, 0.717) is 0 Å². The SMILES string of the molecule is I.NC(=NCc1cc(F)ccc1F)Nc1ccccc1OC(F)(F)F. The van der Waals surface area contributed by atoms with E-state index < -0.39 is 23.7 Å². The lowest BCUT2D eigenvalue weighted by Crippen LogP contribution is -2.24. The zero-order valence-corrected chi connectivity index (χ0v) is 14.8. The van der Waals surface area contributed by atoms with E-state index in [-0.39, 0.29) is 47.7 Å². The number of rotatable bonds is 4. The lowest BCUT2D eigenvalue weighted by atomic mass is 10.2. The summed E-state index contributed by atoms with van der Waals surface area (Å²) in [5.41, 5.74) is 5.44. The third kappa shape index (κ3) is 6.72. The van der Waals surface area contributed by atoms with Gasteiger partial charge >= 0.3 is 6.36 Å². The van der Waals surface area contributed by atoms with Gasteiger partial charge in [0.1, 0.15) is 11.6 Å². The highest BCUT2D eigenvalue weighted by atomic mass is 127. The number of aliphatic imine (C=N–C) groups is 1. The van der Waals surface area contributed by atoms with Crippen LogP contribution in [0, 0.1) is 11.6 Å². The molecule has 0 aliphatic heterocycles. The smallest absolute Gasteiger partial charge is 0.404 e. The van der Waals surface area contributed by atoms with Gasteiger partial charge in [0, 0.05) is 5.56 Å². The van der Waals surface area contributed by atoms with Crippen LogP contribution in [0.5, 0.6) is 5.75 Å². The summed E-state index contributed by atoms with van der Waals surface area (Å²) in [6.07, 6.45) is -4.87.